The van der Waals surface area contributed by atoms with E-state index in [1.165, 1.54) is 0 Å². The Morgan fingerprint density at radius 2 is 1.86 bits per heavy atom. The molecule has 0 aliphatic carbocycles. The monoisotopic (exact) mass is 288 g/mol. The number of phenols is 1. The predicted molar refractivity (Wildman–Crippen MR) is 80.1 cm³/mol. The van der Waals surface area contributed by atoms with Crippen molar-refractivity contribution in [2.45, 2.75) is 26.5 Å². The number of hydrogen-bond donors (Lipinski definition) is 4. The quantitative estimate of drug-likeness (QED) is 0.607. The van der Waals surface area contributed by atoms with Crippen molar-refractivity contribution in [2.24, 2.45) is 0 Å². The van der Waals surface area contributed by atoms with Crippen LogP contribution in [-0.2, 0) is 19.6 Å². The highest BCUT2D eigenvalue weighted by Gasteiger charge is 2.10. The van der Waals surface area contributed by atoms with E-state index >= 15 is 0 Å². The predicted octanol–water partition coefficient (Wildman–Crippen LogP) is 1.63. The van der Waals surface area contributed by atoms with Crippen molar-refractivity contribution in [3.8, 4) is 11.5 Å². The number of aromatic hydroxyl groups is 2. The SMILES string of the molecule is Cc1ncc(CO)c(CNCCc2ccc(O)cc2)c1O. The summed E-state index contributed by atoms with van der Waals surface area (Å²) in [6.07, 6.45) is 2.41. The lowest BCUT2D eigenvalue weighted by molar-refractivity contribution is 0.278. The standard InChI is InChI=1S/C16H20N2O3/c1-11-16(21)15(13(10-19)8-18-11)9-17-7-6-12-2-4-14(20)5-3-12/h2-5,8,17,19-21H,6-7,9-10H2,1H3. The maximum absolute atomic E-state index is 10.0. The highest BCUT2D eigenvalue weighted by atomic mass is 16.3. The van der Waals surface area contributed by atoms with Crippen LogP contribution in [0.4, 0.5) is 0 Å². The Labute approximate surface area is 123 Å². The molecule has 1 aromatic heterocycles. The molecule has 0 saturated carbocycles. The fourth-order valence-electron chi connectivity index (χ4n) is 2.13. The number of aliphatic hydroxyl groups is 1. The summed E-state index contributed by atoms with van der Waals surface area (Å²) in [6.45, 7) is 2.80. The highest BCUT2D eigenvalue weighted by Crippen LogP contribution is 2.23. The number of hydrogen-bond acceptors (Lipinski definition) is 5. The van der Waals surface area contributed by atoms with E-state index in [1.807, 2.05) is 12.1 Å². The second kappa shape index (κ2) is 7.06. The van der Waals surface area contributed by atoms with Gasteiger partial charge in [-0.2, -0.15) is 0 Å². The molecule has 5 nitrogen and oxygen atoms in total. The largest absolute Gasteiger partial charge is 0.508 e. The smallest absolute Gasteiger partial charge is 0.141 e. The Bertz CT molecular complexity index is 597. The summed E-state index contributed by atoms with van der Waals surface area (Å²) in [5, 5.41) is 31.8. The van der Waals surface area contributed by atoms with Crippen LogP contribution in [0.15, 0.2) is 30.5 Å². The molecule has 0 aliphatic rings. The average molecular weight is 288 g/mol. The molecule has 0 radical (unpaired) electrons. The molecule has 0 amide bonds. The van der Waals surface area contributed by atoms with E-state index in [4.69, 9.17) is 0 Å². The molecule has 21 heavy (non-hydrogen) atoms. The van der Waals surface area contributed by atoms with Crippen LogP contribution >= 0.6 is 0 Å². The molecule has 112 valence electrons. The molecule has 0 fully saturated rings. The van der Waals surface area contributed by atoms with Gasteiger partial charge in [0.15, 0.2) is 0 Å². The first-order chi connectivity index (χ1) is 10.1. The van der Waals surface area contributed by atoms with E-state index in [2.05, 4.69) is 10.3 Å². The van der Waals surface area contributed by atoms with Crippen molar-refractivity contribution in [1.29, 1.82) is 0 Å². The van der Waals surface area contributed by atoms with Gasteiger partial charge < -0.3 is 20.6 Å². The van der Waals surface area contributed by atoms with Gasteiger partial charge in [-0.1, -0.05) is 12.1 Å². The van der Waals surface area contributed by atoms with Crippen LogP contribution in [0.25, 0.3) is 0 Å². The molecule has 2 rings (SSSR count). The van der Waals surface area contributed by atoms with Gasteiger partial charge in [0.05, 0.1) is 12.3 Å². The van der Waals surface area contributed by atoms with Gasteiger partial charge in [0.1, 0.15) is 11.5 Å². The fourth-order valence-corrected chi connectivity index (χ4v) is 2.13. The molecule has 1 aromatic carbocycles. The molecule has 1 heterocycles. The summed E-state index contributed by atoms with van der Waals surface area (Å²) in [5.41, 5.74) is 3.01. The van der Waals surface area contributed by atoms with Crippen LogP contribution in [-0.4, -0.2) is 26.8 Å². The molecule has 0 saturated heterocycles. The van der Waals surface area contributed by atoms with Crippen LogP contribution in [0.3, 0.4) is 0 Å². The third kappa shape index (κ3) is 3.93. The highest BCUT2D eigenvalue weighted by molar-refractivity contribution is 5.40. The van der Waals surface area contributed by atoms with Crippen molar-refractivity contribution in [3.63, 3.8) is 0 Å². The Morgan fingerprint density at radius 3 is 2.52 bits per heavy atom. The minimum atomic E-state index is -0.143. The van der Waals surface area contributed by atoms with Crippen molar-refractivity contribution < 1.29 is 15.3 Å². The zero-order valence-corrected chi connectivity index (χ0v) is 12.0. The Kier molecular flexibility index (Phi) is 5.14. The number of aliphatic hydroxyl groups excluding tert-OH is 1. The van der Waals surface area contributed by atoms with Gasteiger partial charge in [-0.3, -0.25) is 4.98 Å². The molecule has 0 spiro atoms. The number of benzene rings is 1. The summed E-state index contributed by atoms with van der Waals surface area (Å²) in [4.78, 5) is 4.03. The molecular formula is C16H20N2O3. The van der Waals surface area contributed by atoms with E-state index in [-0.39, 0.29) is 18.1 Å². The minimum absolute atomic E-state index is 0.138. The van der Waals surface area contributed by atoms with Crippen LogP contribution in [0, 0.1) is 6.92 Å². The van der Waals surface area contributed by atoms with Gasteiger partial charge in [0.25, 0.3) is 0 Å². The lowest BCUT2D eigenvalue weighted by Gasteiger charge is -2.12. The van der Waals surface area contributed by atoms with Gasteiger partial charge in [-0.25, -0.2) is 0 Å². The van der Waals surface area contributed by atoms with E-state index in [0.29, 0.717) is 23.4 Å². The van der Waals surface area contributed by atoms with E-state index in [0.717, 1.165) is 18.5 Å². The Morgan fingerprint density at radius 1 is 1.14 bits per heavy atom. The summed E-state index contributed by atoms with van der Waals surface area (Å²) in [5.74, 6) is 0.398. The van der Waals surface area contributed by atoms with Gasteiger partial charge in [-0.05, 0) is 37.6 Å². The van der Waals surface area contributed by atoms with Gasteiger partial charge in [-0.15, -0.1) is 0 Å². The van der Waals surface area contributed by atoms with Crippen molar-refractivity contribution in [3.05, 3.63) is 52.8 Å². The number of rotatable bonds is 6. The molecule has 0 bridgehead atoms. The van der Waals surface area contributed by atoms with Crippen molar-refractivity contribution >= 4 is 0 Å². The molecule has 0 unspecified atom stereocenters. The van der Waals surface area contributed by atoms with Crippen LogP contribution in [0.1, 0.15) is 22.4 Å². The van der Waals surface area contributed by atoms with Gasteiger partial charge >= 0.3 is 0 Å². The number of aryl methyl sites for hydroxylation is 1. The van der Waals surface area contributed by atoms with Crippen LogP contribution < -0.4 is 5.32 Å². The maximum Gasteiger partial charge on any atom is 0.141 e. The molecule has 0 atom stereocenters. The molecule has 0 aliphatic heterocycles. The zero-order valence-electron chi connectivity index (χ0n) is 12.0. The Hall–Kier alpha value is -2.11. The number of aromatic nitrogens is 1. The number of nitrogens with one attached hydrogen (secondary N) is 1. The zero-order chi connectivity index (χ0) is 15.2. The van der Waals surface area contributed by atoms with Crippen LogP contribution in [0.5, 0.6) is 11.5 Å². The first-order valence-corrected chi connectivity index (χ1v) is 6.87. The van der Waals surface area contributed by atoms with E-state index < -0.39 is 0 Å². The lowest BCUT2D eigenvalue weighted by atomic mass is 10.1. The van der Waals surface area contributed by atoms with Crippen molar-refractivity contribution in [1.82, 2.24) is 10.3 Å². The third-order valence-corrected chi connectivity index (χ3v) is 3.43. The first-order valence-electron chi connectivity index (χ1n) is 6.87. The van der Waals surface area contributed by atoms with E-state index in [9.17, 15) is 15.3 Å². The summed E-state index contributed by atoms with van der Waals surface area (Å²) >= 11 is 0. The maximum atomic E-state index is 10.0. The second-order valence-electron chi connectivity index (χ2n) is 4.95. The topological polar surface area (TPSA) is 85.6 Å². The second-order valence-corrected chi connectivity index (χ2v) is 4.95. The van der Waals surface area contributed by atoms with Gasteiger partial charge in [0.2, 0.25) is 0 Å². The Balaban J connectivity index is 1.91. The summed E-state index contributed by atoms with van der Waals surface area (Å²) in [6, 6.07) is 7.09. The average Bonchev–Trinajstić information content (AvgIpc) is 2.49. The van der Waals surface area contributed by atoms with E-state index in [1.54, 1.807) is 25.3 Å². The normalized spacial score (nSPS) is 10.8. The minimum Gasteiger partial charge on any atom is -0.508 e. The molecule has 5 heteroatoms. The lowest BCUT2D eigenvalue weighted by Crippen LogP contribution is -2.18. The molecular weight excluding hydrogens is 268 g/mol. The van der Waals surface area contributed by atoms with Crippen LogP contribution in [0.2, 0.25) is 0 Å². The third-order valence-electron chi connectivity index (χ3n) is 3.43. The molecule has 4 N–H and O–H groups in total. The first kappa shape index (κ1) is 15.3. The summed E-state index contributed by atoms with van der Waals surface area (Å²) in [7, 11) is 0. The fraction of sp³-hybridized carbons (Fsp3) is 0.312. The number of nitrogens with zero attached hydrogens (tertiary/aromatic N) is 1. The summed E-state index contributed by atoms with van der Waals surface area (Å²) < 4.78 is 0. The number of phenolic OH excluding ortho intramolecular Hbond substituents is 1. The molecule has 2 aromatic rings. The van der Waals surface area contributed by atoms with Crippen molar-refractivity contribution in [2.75, 3.05) is 6.54 Å². The van der Waals surface area contributed by atoms with Gasteiger partial charge in [0, 0.05) is 23.9 Å². The number of pyridine rings is 1.